The van der Waals surface area contributed by atoms with Crippen LogP contribution in [0.25, 0.3) is 0 Å². The maximum Gasteiger partial charge on any atom is 0.238 e. The van der Waals surface area contributed by atoms with Gasteiger partial charge >= 0.3 is 0 Å². The summed E-state index contributed by atoms with van der Waals surface area (Å²) in [7, 11) is -3.61. The number of likely N-dealkylation sites (tertiary alicyclic amines) is 1. The third-order valence-electron chi connectivity index (χ3n) is 3.76. The zero-order valence-electron chi connectivity index (χ0n) is 12.7. The number of sulfonamides is 1. The van der Waals surface area contributed by atoms with Crippen LogP contribution in [-0.4, -0.2) is 39.0 Å². The van der Waals surface area contributed by atoms with Gasteiger partial charge in [-0.3, -0.25) is 0 Å². The number of primary sulfonamides is 1. The fourth-order valence-corrected chi connectivity index (χ4v) is 3.27. The Balaban J connectivity index is 1.86. The third-order valence-corrected chi connectivity index (χ3v) is 4.69. The molecular formula is C15H25N3O2S. The van der Waals surface area contributed by atoms with E-state index in [0.717, 1.165) is 38.2 Å². The second kappa shape index (κ2) is 6.77. The van der Waals surface area contributed by atoms with Crippen LogP contribution in [0.4, 0.5) is 5.69 Å². The number of hydrogen-bond donors (Lipinski definition) is 2. The SMILES string of the molecule is CC(C)CN1CCC(Nc2ccc(S(N)(=O)=O)cc2)CC1. The van der Waals surface area contributed by atoms with E-state index in [2.05, 4.69) is 24.1 Å². The van der Waals surface area contributed by atoms with Crippen molar-refractivity contribution in [2.24, 2.45) is 11.1 Å². The van der Waals surface area contributed by atoms with Crippen LogP contribution in [-0.2, 0) is 10.0 Å². The summed E-state index contributed by atoms with van der Waals surface area (Å²) in [4.78, 5) is 2.66. The van der Waals surface area contributed by atoms with Crippen molar-refractivity contribution in [3.8, 4) is 0 Å². The summed E-state index contributed by atoms with van der Waals surface area (Å²) >= 11 is 0. The molecule has 2 rings (SSSR count). The Morgan fingerprint density at radius 1 is 1.24 bits per heavy atom. The number of rotatable bonds is 5. The molecule has 5 nitrogen and oxygen atoms in total. The van der Waals surface area contributed by atoms with Crippen LogP contribution in [0.1, 0.15) is 26.7 Å². The van der Waals surface area contributed by atoms with Crippen molar-refractivity contribution in [2.45, 2.75) is 37.6 Å². The van der Waals surface area contributed by atoms with E-state index < -0.39 is 10.0 Å². The zero-order valence-corrected chi connectivity index (χ0v) is 13.6. The van der Waals surface area contributed by atoms with Crippen molar-refractivity contribution in [1.82, 2.24) is 4.90 Å². The first-order valence-electron chi connectivity index (χ1n) is 7.46. The first kappa shape index (κ1) is 16.3. The maximum atomic E-state index is 11.2. The normalized spacial score (nSPS) is 18.1. The standard InChI is InChI=1S/C15H25N3O2S/c1-12(2)11-18-9-7-14(8-10-18)17-13-3-5-15(6-4-13)21(16,19)20/h3-6,12,14,17H,7-11H2,1-2H3,(H2,16,19,20). The van der Waals surface area contributed by atoms with Gasteiger partial charge in [0.25, 0.3) is 0 Å². The number of nitrogens with one attached hydrogen (secondary N) is 1. The van der Waals surface area contributed by atoms with Crippen LogP contribution in [0.5, 0.6) is 0 Å². The van der Waals surface area contributed by atoms with Crippen LogP contribution < -0.4 is 10.5 Å². The van der Waals surface area contributed by atoms with Crippen molar-refractivity contribution in [3.63, 3.8) is 0 Å². The number of hydrogen-bond acceptors (Lipinski definition) is 4. The van der Waals surface area contributed by atoms with Gasteiger partial charge in [0.1, 0.15) is 0 Å². The highest BCUT2D eigenvalue weighted by atomic mass is 32.2. The van der Waals surface area contributed by atoms with Gasteiger partial charge in [0.15, 0.2) is 0 Å². The van der Waals surface area contributed by atoms with Gasteiger partial charge in [-0.15, -0.1) is 0 Å². The molecule has 118 valence electrons. The van der Waals surface area contributed by atoms with Crippen molar-refractivity contribution in [2.75, 3.05) is 25.0 Å². The van der Waals surface area contributed by atoms with Crippen LogP contribution in [0.15, 0.2) is 29.2 Å². The van der Waals surface area contributed by atoms with E-state index in [1.54, 1.807) is 24.3 Å². The highest BCUT2D eigenvalue weighted by Gasteiger charge is 2.19. The Hall–Kier alpha value is -1.11. The zero-order chi connectivity index (χ0) is 15.5. The molecule has 0 radical (unpaired) electrons. The Morgan fingerprint density at radius 3 is 2.29 bits per heavy atom. The quantitative estimate of drug-likeness (QED) is 0.870. The van der Waals surface area contributed by atoms with Gasteiger partial charge in [-0.2, -0.15) is 0 Å². The van der Waals surface area contributed by atoms with Gasteiger partial charge < -0.3 is 10.2 Å². The fraction of sp³-hybridized carbons (Fsp3) is 0.600. The molecule has 21 heavy (non-hydrogen) atoms. The van der Waals surface area contributed by atoms with E-state index in [0.29, 0.717) is 12.0 Å². The van der Waals surface area contributed by atoms with E-state index in [9.17, 15) is 8.42 Å². The van der Waals surface area contributed by atoms with Crippen molar-refractivity contribution < 1.29 is 8.42 Å². The van der Waals surface area contributed by atoms with Crippen molar-refractivity contribution >= 4 is 15.7 Å². The molecule has 1 saturated heterocycles. The summed E-state index contributed by atoms with van der Waals surface area (Å²) in [5, 5.41) is 8.56. The van der Waals surface area contributed by atoms with Gasteiger partial charge in [-0.1, -0.05) is 13.8 Å². The molecule has 0 aliphatic carbocycles. The maximum absolute atomic E-state index is 11.2. The van der Waals surface area contributed by atoms with E-state index in [4.69, 9.17) is 5.14 Å². The van der Waals surface area contributed by atoms with E-state index in [1.165, 1.54) is 0 Å². The average Bonchev–Trinajstić information content (AvgIpc) is 2.40. The lowest BCUT2D eigenvalue weighted by atomic mass is 10.0. The van der Waals surface area contributed by atoms with Crippen molar-refractivity contribution in [3.05, 3.63) is 24.3 Å². The van der Waals surface area contributed by atoms with Crippen LogP contribution in [0.2, 0.25) is 0 Å². The fourth-order valence-electron chi connectivity index (χ4n) is 2.75. The number of anilines is 1. The Morgan fingerprint density at radius 2 is 1.81 bits per heavy atom. The largest absolute Gasteiger partial charge is 0.382 e. The summed E-state index contributed by atoms with van der Waals surface area (Å²) in [5.41, 5.74) is 0.949. The number of piperidine rings is 1. The molecule has 0 bridgehead atoms. The number of nitrogens with two attached hydrogens (primary N) is 1. The minimum atomic E-state index is -3.61. The molecule has 0 saturated carbocycles. The van der Waals surface area contributed by atoms with Gasteiger partial charge in [-0.05, 0) is 43.0 Å². The molecule has 0 atom stereocenters. The molecule has 0 aromatic heterocycles. The lowest BCUT2D eigenvalue weighted by Gasteiger charge is -2.33. The molecule has 1 heterocycles. The second-order valence-electron chi connectivity index (χ2n) is 6.18. The van der Waals surface area contributed by atoms with Crippen LogP contribution in [0, 0.1) is 5.92 Å². The Bertz CT molecular complexity index is 547. The van der Waals surface area contributed by atoms with Gasteiger partial charge in [-0.25, -0.2) is 13.6 Å². The van der Waals surface area contributed by atoms with Gasteiger partial charge in [0.05, 0.1) is 4.90 Å². The topological polar surface area (TPSA) is 75.4 Å². The lowest BCUT2D eigenvalue weighted by Crippen LogP contribution is -2.40. The monoisotopic (exact) mass is 311 g/mol. The molecule has 0 spiro atoms. The van der Waals surface area contributed by atoms with Gasteiger partial charge in [0, 0.05) is 31.4 Å². The van der Waals surface area contributed by atoms with Crippen molar-refractivity contribution in [1.29, 1.82) is 0 Å². The molecular weight excluding hydrogens is 286 g/mol. The highest BCUT2D eigenvalue weighted by molar-refractivity contribution is 7.89. The summed E-state index contributed by atoms with van der Waals surface area (Å²) < 4.78 is 22.4. The second-order valence-corrected chi connectivity index (χ2v) is 7.74. The summed E-state index contributed by atoms with van der Waals surface area (Å²) in [6.45, 7) is 7.89. The first-order valence-corrected chi connectivity index (χ1v) is 9.01. The summed E-state index contributed by atoms with van der Waals surface area (Å²) in [6, 6.07) is 7.10. The van der Waals surface area contributed by atoms with E-state index in [1.807, 2.05) is 0 Å². The van der Waals surface area contributed by atoms with Gasteiger partial charge in [0.2, 0.25) is 10.0 Å². The van der Waals surface area contributed by atoms with Crippen LogP contribution >= 0.6 is 0 Å². The minimum absolute atomic E-state index is 0.153. The third kappa shape index (κ3) is 4.98. The van der Waals surface area contributed by atoms with E-state index >= 15 is 0 Å². The molecule has 1 aromatic carbocycles. The Kier molecular flexibility index (Phi) is 5.24. The molecule has 1 fully saturated rings. The highest BCUT2D eigenvalue weighted by Crippen LogP contribution is 2.19. The van der Waals surface area contributed by atoms with E-state index in [-0.39, 0.29) is 4.90 Å². The van der Waals surface area contributed by atoms with Crippen LogP contribution in [0.3, 0.4) is 0 Å². The lowest BCUT2D eigenvalue weighted by molar-refractivity contribution is 0.198. The summed E-state index contributed by atoms with van der Waals surface area (Å²) in [6.07, 6.45) is 2.23. The molecule has 3 N–H and O–H groups in total. The molecule has 1 aliphatic rings. The Labute approximate surface area is 127 Å². The average molecular weight is 311 g/mol. The smallest absolute Gasteiger partial charge is 0.238 e. The molecule has 0 amide bonds. The number of nitrogens with zero attached hydrogens (tertiary/aromatic N) is 1. The molecule has 1 aromatic rings. The summed E-state index contributed by atoms with van der Waals surface area (Å²) in [5.74, 6) is 0.709. The molecule has 1 aliphatic heterocycles. The number of benzene rings is 1. The molecule has 6 heteroatoms. The predicted octanol–water partition coefficient (Wildman–Crippen LogP) is 1.87. The molecule has 0 unspecified atom stereocenters. The predicted molar refractivity (Wildman–Crippen MR) is 85.7 cm³/mol. The first-order chi connectivity index (χ1) is 9.84. The minimum Gasteiger partial charge on any atom is -0.382 e.